The number of halogens is 3. The van der Waals surface area contributed by atoms with Gasteiger partial charge in [0.15, 0.2) is 6.10 Å². The molecule has 0 heterocycles. The number of ether oxygens (including phenoxy) is 1. The molecule has 0 bridgehead atoms. The summed E-state index contributed by atoms with van der Waals surface area (Å²) < 4.78 is 39.3. The minimum atomic E-state index is -4.35. The zero-order valence-electron chi connectivity index (χ0n) is 7.41. The fourth-order valence-electron chi connectivity index (χ4n) is 0.596. The number of rotatable bonds is 5. The number of amides is 2. The Morgan fingerprint density at radius 3 is 2.20 bits per heavy atom. The Morgan fingerprint density at radius 1 is 1.33 bits per heavy atom. The van der Waals surface area contributed by atoms with Crippen molar-refractivity contribution in [3.63, 3.8) is 0 Å². The molecule has 88 valence electrons. The molecule has 0 saturated carbocycles. The second-order valence-electron chi connectivity index (χ2n) is 2.46. The molecular weight excluding hydrogens is 237 g/mol. The maximum Gasteiger partial charge on any atom is 0.405 e. The van der Waals surface area contributed by atoms with Gasteiger partial charge in [-0.3, -0.25) is 4.79 Å². The van der Waals surface area contributed by atoms with Crippen LogP contribution in [0, 0.1) is 0 Å². The normalized spacial score (nSPS) is 13.3. The summed E-state index contributed by atoms with van der Waals surface area (Å²) in [4.78, 5) is 20.8. The van der Waals surface area contributed by atoms with E-state index in [9.17, 15) is 22.8 Å². The van der Waals surface area contributed by atoms with Gasteiger partial charge in [-0.25, -0.2) is 4.79 Å². The summed E-state index contributed by atoms with van der Waals surface area (Å²) in [7, 11) is 0. The minimum absolute atomic E-state index is 0.377. The van der Waals surface area contributed by atoms with Gasteiger partial charge in [0, 0.05) is 5.75 Å². The Labute approximate surface area is 87.3 Å². The molecule has 0 spiro atoms. The predicted octanol–water partition coefficient (Wildman–Crippen LogP) is 0.231. The van der Waals surface area contributed by atoms with Crippen molar-refractivity contribution in [3.05, 3.63) is 0 Å². The van der Waals surface area contributed by atoms with Crippen molar-refractivity contribution in [2.24, 2.45) is 11.5 Å². The van der Waals surface area contributed by atoms with Crippen molar-refractivity contribution in [1.29, 1.82) is 0 Å². The van der Waals surface area contributed by atoms with Crippen LogP contribution < -0.4 is 11.5 Å². The second-order valence-corrected chi connectivity index (χ2v) is 3.49. The standard InChI is InChI=1S/C6H9F3N2O3S/c7-6(8,9)2-15-1-3(4(10)12)14-5(11)13/h3H,1-2H2,(H2,10,12)(H2,11,13)/t3-/m0/s1. The molecule has 5 nitrogen and oxygen atoms in total. The number of carbonyl (C=O) groups excluding carboxylic acids is 2. The molecule has 0 saturated heterocycles. The maximum absolute atomic E-state index is 11.7. The highest BCUT2D eigenvalue weighted by Crippen LogP contribution is 2.21. The van der Waals surface area contributed by atoms with Crippen LogP contribution in [0.4, 0.5) is 18.0 Å². The first-order valence-electron chi connectivity index (χ1n) is 3.62. The zero-order valence-corrected chi connectivity index (χ0v) is 8.23. The SMILES string of the molecule is NC(=O)O[C@@H](CSCC(F)(F)F)C(N)=O. The summed E-state index contributed by atoms with van der Waals surface area (Å²) in [5.41, 5.74) is 9.36. The number of carbonyl (C=O) groups is 2. The predicted molar refractivity (Wildman–Crippen MR) is 47.0 cm³/mol. The Morgan fingerprint density at radius 2 is 1.87 bits per heavy atom. The van der Waals surface area contributed by atoms with Crippen LogP contribution in [0.1, 0.15) is 0 Å². The average molecular weight is 246 g/mol. The van der Waals surface area contributed by atoms with E-state index in [-0.39, 0.29) is 5.75 Å². The fraction of sp³-hybridized carbons (Fsp3) is 0.667. The van der Waals surface area contributed by atoms with Gasteiger partial charge in [0.1, 0.15) is 0 Å². The van der Waals surface area contributed by atoms with E-state index in [1.807, 2.05) is 0 Å². The van der Waals surface area contributed by atoms with Gasteiger partial charge in [-0.2, -0.15) is 13.2 Å². The molecule has 0 aromatic rings. The van der Waals surface area contributed by atoms with E-state index in [1.54, 1.807) is 0 Å². The first-order chi connectivity index (χ1) is 6.72. The highest BCUT2D eigenvalue weighted by molar-refractivity contribution is 7.99. The summed E-state index contributed by atoms with van der Waals surface area (Å²) in [6.45, 7) is 0. The minimum Gasteiger partial charge on any atom is -0.435 e. The van der Waals surface area contributed by atoms with Crippen molar-refractivity contribution in [3.8, 4) is 0 Å². The number of primary amides is 2. The van der Waals surface area contributed by atoms with Crippen molar-refractivity contribution >= 4 is 23.8 Å². The number of nitrogens with two attached hydrogens (primary N) is 2. The third-order valence-electron chi connectivity index (χ3n) is 1.11. The Balaban J connectivity index is 3.98. The average Bonchev–Trinajstić information content (AvgIpc) is 1.99. The Bertz CT molecular complexity index is 246. The molecule has 9 heteroatoms. The zero-order chi connectivity index (χ0) is 12.1. The van der Waals surface area contributed by atoms with Gasteiger partial charge < -0.3 is 16.2 Å². The highest BCUT2D eigenvalue weighted by Gasteiger charge is 2.28. The Hall–Kier alpha value is -1.12. The second kappa shape index (κ2) is 5.69. The van der Waals surface area contributed by atoms with E-state index in [0.717, 1.165) is 0 Å². The van der Waals surface area contributed by atoms with E-state index in [2.05, 4.69) is 10.5 Å². The molecule has 0 aliphatic rings. The van der Waals surface area contributed by atoms with E-state index in [0.29, 0.717) is 11.8 Å². The van der Waals surface area contributed by atoms with Crippen molar-refractivity contribution in [2.45, 2.75) is 12.3 Å². The molecule has 0 radical (unpaired) electrons. The smallest absolute Gasteiger partial charge is 0.405 e. The molecule has 0 aliphatic heterocycles. The molecule has 0 fully saturated rings. The lowest BCUT2D eigenvalue weighted by Gasteiger charge is -2.13. The largest absolute Gasteiger partial charge is 0.435 e. The lowest BCUT2D eigenvalue weighted by molar-refractivity contribution is -0.125. The maximum atomic E-state index is 11.7. The molecule has 1 atom stereocenters. The summed E-state index contributed by atoms with van der Waals surface area (Å²) >= 11 is 0.380. The van der Waals surface area contributed by atoms with Crippen LogP contribution in [0.3, 0.4) is 0 Å². The molecule has 0 aromatic carbocycles. The number of thioether (sulfide) groups is 1. The molecule has 0 rings (SSSR count). The van der Waals surface area contributed by atoms with Crippen molar-refractivity contribution < 1.29 is 27.5 Å². The molecule has 4 N–H and O–H groups in total. The van der Waals surface area contributed by atoms with Crippen LogP contribution in [0.25, 0.3) is 0 Å². The van der Waals surface area contributed by atoms with Gasteiger partial charge in [-0.05, 0) is 0 Å². The van der Waals surface area contributed by atoms with Crippen molar-refractivity contribution in [2.75, 3.05) is 11.5 Å². The number of hydrogen-bond acceptors (Lipinski definition) is 4. The summed E-state index contributed by atoms with van der Waals surface area (Å²) in [6.07, 6.45) is -7.04. The van der Waals surface area contributed by atoms with Gasteiger partial charge in [0.2, 0.25) is 0 Å². The van der Waals surface area contributed by atoms with Crippen LogP contribution in [-0.2, 0) is 9.53 Å². The van der Waals surface area contributed by atoms with Gasteiger partial charge >= 0.3 is 12.3 Å². The lowest BCUT2D eigenvalue weighted by atomic mass is 10.4. The molecule has 0 unspecified atom stereocenters. The molecular formula is C6H9F3N2O3S. The lowest BCUT2D eigenvalue weighted by Crippen LogP contribution is -2.37. The van der Waals surface area contributed by atoms with E-state index >= 15 is 0 Å². The van der Waals surface area contributed by atoms with Gasteiger partial charge in [-0.1, -0.05) is 0 Å². The fourth-order valence-corrected chi connectivity index (χ4v) is 1.39. The van der Waals surface area contributed by atoms with Crippen LogP contribution in [0.2, 0.25) is 0 Å². The van der Waals surface area contributed by atoms with Crippen molar-refractivity contribution in [1.82, 2.24) is 0 Å². The number of hydrogen-bond donors (Lipinski definition) is 2. The van der Waals surface area contributed by atoms with Crippen LogP contribution in [0.5, 0.6) is 0 Å². The monoisotopic (exact) mass is 246 g/mol. The Kier molecular flexibility index (Phi) is 5.26. The summed E-state index contributed by atoms with van der Waals surface area (Å²) in [6, 6.07) is 0. The van der Waals surface area contributed by atoms with E-state index in [4.69, 9.17) is 5.73 Å². The molecule has 2 amide bonds. The first kappa shape index (κ1) is 13.9. The number of alkyl halides is 3. The topological polar surface area (TPSA) is 95.4 Å². The highest BCUT2D eigenvalue weighted by atomic mass is 32.2. The molecule has 15 heavy (non-hydrogen) atoms. The quantitative estimate of drug-likeness (QED) is 0.725. The molecule has 0 aromatic heterocycles. The van der Waals surface area contributed by atoms with Gasteiger partial charge in [0.05, 0.1) is 5.75 Å². The van der Waals surface area contributed by atoms with Gasteiger partial charge in [0.25, 0.3) is 5.91 Å². The molecule has 0 aliphatic carbocycles. The van der Waals surface area contributed by atoms with E-state index < -0.39 is 30.0 Å². The first-order valence-corrected chi connectivity index (χ1v) is 4.77. The summed E-state index contributed by atoms with van der Waals surface area (Å²) in [5, 5.41) is 0. The summed E-state index contributed by atoms with van der Waals surface area (Å²) in [5.74, 6) is -2.57. The van der Waals surface area contributed by atoms with Crippen LogP contribution >= 0.6 is 11.8 Å². The third kappa shape index (κ3) is 7.91. The van der Waals surface area contributed by atoms with E-state index in [1.165, 1.54) is 0 Å². The third-order valence-corrected chi connectivity index (χ3v) is 2.18. The van der Waals surface area contributed by atoms with Gasteiger partial charge in [-0.15, -0.1) is 11.8 Å². The van der Waals surface area contributed by atoms with Crippen LogP contribution in [-0.4, -0.2) is 35.8 Å². The van der Waals surface area contributed by atoms with Crippen LogP contribution in [0.15, 0.2) is 0 Å².